The molecule has 0 spiro atoms. The molecule has 277 valence electrons. The molecule has 0 aliphatic heterocycles. The van der Waals surface area contributed by atoms with Crippen LogP contribution in [0.5, 0.6) is 0 Å². The molecule has 6 N–H and O–H groups in total. The van der Waals surface area contributed by atoms with Crippen molar-refractivity contribution in [3.63, 3.8) is 0 Å². The number of rotatable bonds is 3. The van der Waals surface area contributed by atoms with Gasteiger partial charge in [-0.25, -0.2) is 0 Å². The van der Waals surface area contributed by atoms with Crippen LogP contribution in [0.2, 0.25) is 0 Å². The van der Waals surface area contributed by atoms with Gasteiger partial charge >= 0.3 is 117 Å². The number of aliphatic hydroxyl groups is 3. The Morgan fingerprint density at radius 2 is 0.851 bits per heavy atom. The molecule has 0 aromatic carbocycles. The summed E-state index contributed by atoms with van der Waals surface area (Å²) < 4.78 is 6.70. The number of carboxylic acids is 3. The second kappa shape index (κ2) is 31.2. The SMILES string of the molecule is C.C[C@@]1(C(=O)O)CC/C=C\[C@H](O)CC1.C[C@@]1(C(=O)O)CC/C=C\[C@H](O)CC1.C[C@]1(C(=O)O)CC/C=C\[C@@H](O)CC1.[2H][V]([I])[I].[CH3-].[I][V][I]. The Labute approximate surface area is 341 Å². The first-order valence-electron chi connectivity index (χ1n) is 15.0. The molecule has 15 heteroatoms. The van der Waals surface area contributed by atoms with Crippen LogP contribution >= 0.6 is 79.9 Å². The van der Waals surface area contributed by atoms with Crippen molar-refractivity contribution >= 4 is 97.8 Å². The molecule has 0 saturated carbocycles. The van der Waals surface area contributed by atoms with Crippen molar-refractivity contribution in [1.82, 2.24) is 0 Å². The van der Waals surface area contributed by atoms with Gasteiger partial charge in [-0.2, -0.15) is 0 Å². The van der Waals surface area contributed by atoms with Crippen molar-refractivity contribution in [1.29, 1.82) is 0.879 Å². The van der Waals surface area contributed by atoms with E-state index in [1.165, 1.54) is 0 Å². The van der Waals surface area contributed by atoms with Crippen LogP contribution in [0, 0.1) is 23.7 Å². The van der Waals surface area contributed by atoms with Crippen LogP contribution in [0.3, 0.4) is 0 Å². The molecule has 3 aliphatic rings. The first-order valence-corrected chi connectivity index (χ1v) is 32.6. The number of halogens is 4. The Kier molecular flexibility index (Phi) is 35.1. The molecule has 3 aliphatic carbocycles. The van der Waals surface area contributed by atoms with E-state index in [-0.39, 0.29) is 14.9 Å². The molecule has 9 nitrogen and oxygen atoms in total. The van der Waals surface area contributed by atoms with E-state index < -0.39 is 61.8 Å². The summed E-state index contributed by atoms with van der Waals surface area (Å²) in [5.41, 5.74) is -1.98. The minimum atomic E-state index is -0.998. The van der Waals surface area contributed by atoms with Crippen LogP contribution < -0.4 is 0 Å². The maximum absolute atomic E-state index is 10.9. The van der Waals surface area contributed by atoms with Gasteiger partial charge in [0, 0.05) is 0 Å². The average Bonchev–Trinajstić information content (AvgIpc) is 2.94. The zero-order chi connectivity index (χ0) is 36.0. The van der Waals surface area contributed by atoms with E-state index in [4.69, 9.17) is 16.2 Å². The van der Waals surface area contributed by atoms with Gasteiger partial charge in [-0.05, 0) is 97.8 Å². The second-order valence-electron chi connectivity index (χ2n) is 11.9. The molecule has 0 saturated heterocycles. The van der Waals surface area contributed by atoms with Crippen LogP contribution in [0.15, 0.2) is 36.5 Å². The Bertz CT molecular complexity index is 876. The van der Waals surface area contributed by atoms with Crippen molar-refractivity contribution < 1.29 is 63.8 Å². The van der Waals surface area contributed by atoms with Gasteiger partial charge < -0.3 is 38.1 Å². The van der Waals surface area contributed by atoms with Crippen LogP contribution in [-0.2, 0) is 33.2 Å². The van der Waals surface area contributed by atoms with Gasteiger partial charge in [0.15, 0.2) is 0 Å². The topological polar surface area (TPSA) is 173 Å². The molecule has 0 unspecified atom stereocenters. The van der Waals surface area contributed by atoms with E-state index in [1.807, 2.05) is 18.2 Å². The van der Waals surface area contributed by atoms with Crippen LogP contribution in [0.4, 0.5) is 0 Å². The summed E-state index contributed by atoms with van der Waals surface area (Å²) in [5.74, 6) is -2.26. The van der Waals surface area contributed by atoms with Crippen LogP contribution in [0.1, 0.15) is 105 Å². The summed E-state index contributed by atoms with van der Waals surface area (Å²) in [6.07, 6.45) is 16.9. The van der Waals surface area contributed by atoms with Crippen LogP contribution in [0.25, 0.3) is 0 Å². The van der Waals surface area contributed by atoms with E-state index in [2.05, 4.69) is 79.9 Å². The number of hydrogen-bond acceptors (Lipinski definition) is 6. The Morgan fingerprint density at radius 1 is 0.660 bits per heavy atom. The van der Waals surface area contributed by atoms with E-state index in [9.17, 15) is 29.7 Å². The fourth-order valence-electron chi connectivity index (χ4n) is 4.67. The van der Waals surface area contributed by atoms with Gasteiger partial charge in [0.2, 0.25) is 0 Å². The second-order valence-corrected chi connectivity index (χ2v) is 35.5. The zero-order valence-electron chi connectivity index (χ0n) is 28.0. The third-order valence-electron chi connectivity index (χ3n) is 8.19. The molecule has 6 atom stereocenters. The van der Waals surface area contributed by atoms with Crippen molar-refractivity contribution in [2.24, 2.45) is 16.2 Å². The fourth-order valence-corrected chi connectivity index (χ4v) is 4.67. The van der Waals surface area contributed by atoms with Crippen molar-refractivity contribution in [3.05, 3.63) is 43.9 Å². The number of hydrogen-bond donors (Lipinski definition) is 6. The van der Waals surface area contributed by atoms with Crippen LogP contribution in [-0.4, -0.2) is 67.7 Å². The number of aliphatic carboxylic acids is 3. The predicted molar refractivity (Wildman–Crippen MR) is 219 cm³/mol. The zero-order valence-corrected chi connectivity index (χ0v) is 38.4. The van der Waals surface area contributed by atoms with Gasteiger partial charge in [0.25, 0.3) is 0 Å². The Morgan fingerprint density at radius 3 is 1.02 bits per heavy atom. The standard InChI is InChI=1S/3C10H16O3.CH4.CH3.4HI.2V.H/c3*1-10(9(12)13)6-3-2-4-8(11)5-7-10;;;;;;;;;/h3*2,4,8,11H,3,5-7H2,1H3,(H,12,13);1H4;1H3;4*1H;;;/q;;;;-1;;;;;2*+2;/p-4/b3*4-2-;;;;;;;;;/t3*8-,10+;;;;;;;;;/m100........./s1/i;;;;;;;;;;;1+1. The molecule has 0 amide bonds. The van der Waals surface area contributed by atoms with Gasteiger partial charge in [-0.1, -0.05) is 43.9 Å². The molecular formula is C32H56I4O9V2-. The summed E-state index contributed by atoms with van der Waals surface area (Å²) >= 11 is 9.02. The summed E-state index contributed by atoms with van der Waals surface area (Å²) in [5, 5.41) is 55.0. The monoisotopic (exact) mass is 1190 g/mol. The molecule has 47 heavy (non-hydrogen) atoms. The van der Waals surface area contributed by atoms with Crippen molar-refractivity contribution in [3.8, 4) is 0 Å². The minimum absolute atomic E-state index is 0. The van der Waals surface area contributed by atoms with E-state index in [1.54, 1.807) is 39.0 Å². The number of aliphatic hydroxyl groups excluding tert-OH is 3. The maximum atomic E-state index is 10.9. The fraction of sp³-hybridized carbons (Fsp3) is 0.688. The summed E-state index contributed by atoms with van der Waals surface area (Å²) in [7, 11) is -0.370. The van der Waals surface area contributed by atoms with Gasteiger partial charge in [0.05, 0.1) is 34.6 Å². The third-order valence-corrected chi connectivity index (χ3v) is 8.19. The van der Waals surface area contributed by atoms with E-state index >= 15 is 0 Å². The first kappa shape index (κ1) is 53.0. The molecule has 0 aromatic heterocycles. The van der Waals surface area contributed by atoms with Crippen molar-refractivity contribution in [2.75, 3.05) is 0 Å². The van der Waals surface area contributed by atoms with E-state index in [0.717, 1.165) is 19.3 Å². The number of carboxylic acid groups (broad SMARTS) is 3. The Hall–Kier alpha value is 1.60. The van der Waals surface area contributed by atoms with Crippen molar-refractivity contribution in [2.45, 2.75) is 124 Å². The molecule has 0 radical (unpaired) electrons. The first-order chi connectivity index (χ1) is 21.3. The average molecular weight is 1200 g/mol. The van der Waals surface area contributed by atoms with Gasteiger partial charge in [-0.15, -0.1) is 0 Å². The summed E-state index contributed by atoms with van der Waals surface area (Å²) in [6, 6.07) is 0. The summed E-state index contributed by atoms with van der Waals surface area (Å²) in [4.78, 5) is 32.8. The quantitative estimate of drug-likeness (QED) is 0.0917. The molecule has 3 rings (SSSR count). The van der Waals surface area contributed by atoms with Gasteiger partial charge in [0.1, 0.15) is 0 Å². The molecular weight excluding hydrogens is 1140 g/mol. The molecule has 0 aromatic rings. The third kappa shape index (κ3) is 26.1. The van der Waals surface area contributed by atoms with E-state index in [0.29, 0.717) is 67.3 Å². The summed E-state index contributed by atoms with van der Waals surface area (Å²) in [6.45, 7) is 5.25. The molecule has 0 heterocycles. The number of carbonyl (C=O) groups is 3. The normalized spacial score (nSPS) is 32.2. The molecule has 0 bridgehead atoms. The molecule has 0 fully saturated rings. The number of allylic oxidation sites excluding steroid dienone is 3. The van der Waals surface area contributed by atoms with Gasteiger partial charge in [-0.3, -0.25) is 14.4 Å². The predicted octanol–water partition coefficient (Wildman–Crippen LogP) is 9.06. The Balaban J connectivity index is -0.000000270.